The fourth-order valence-corrected chi connectivity index (χ4v) is 2.70. The van der Waals surface area contributed by atoms with E-state index in [4.69, 9.17) is 4.74 Å². The highest BCUT2D eigenvalue weighted by atomic mass is 16.5. The largest absolute Gasteiger partial charge is 0.375 e. The van der Waals surface area contributed by atoms with E-state index < -0.39 is 0 Å². The molecule has 0 amide bonds. The third kappa shape index (κ3) is 4.22. The van der Waals surface area contributed by atoms with Crippen molar-refractivity contribution in [3.05, 3.63) is 29.3 Å². The average Bonchev–Trinajstić information content (AvgIpc) is 2.38. The van der Waals surface area contributed by atoms with Gasteiger partial charge in [0.1, 0.15) is 0 Å². The molecule has 20 heavy (non-hydrogen) atoms. The zero-order valence-corrected chi connectivity index (χ0v) is 13.3. The predicted octanol–water partition coefficient (Wildman–Crippen LogP) is 2.97. The van der Waals surface area contributed by atoms with Crippen LogP contribution in [-0.4, -0.2) is 32.3 Å². The summed E-state index contributed by atoms with van der Waals surface area (Å²) in [6.45, 7) is 13.6. The average molecular weight is 276 g/mol. The second-order valence-corrected chi connectivity index (χ2v) is 6.28. The summed E-state index contributed by atoms with van der Waals surface area (Å²) in [5.41, 5.74) is 4.10. The van der Waals surface area contributed by atoms with Gasteiger partial charge in [0.05, 0.1) is 12.7 Å². The molecule has 0 aliphatic carbocycles. The molecule has 1 fully saturated rings. The summed E-state index contributed by atoms with van der Waals surface area (Å²) in [4.78, 5) is 2.46. The molecule has 1 aliphatic heterocycles. The van der Waals surface area contributed by atoms with Crippen LogP contribution in [0.15, 0.2) is 18.2 Å². The van der Waals surface area contributed by atoms with Gasteiger partial charge in [-0.2, -0.15) is 0 Å². The summed E-state index contributed by atoms with van der Waals surface area (Å²) in [5.74, 6) is 0.687. The quantitative estimate of drug-likeness (QED) is 0.895. The number of ether oxygens (including phenoxy) is 1. The molecular weight excluding hydrogens is 248 g/mol. The predicted molar refractivity (Wildman–Crippen MR) is 85.4 cm³/mol. The van der Waals surface area contributed by atoms with Gasteiger partial charge in [-0.1, -0.05) is 31.5 Å². The van der Waals surface area contributed by atoms with Gasteiger partial charge in [0.25, 0.3) is 0 Å². The number of rotatable bonds is 5. The maximum Gasteiger partial charge on any atom is 0.0722 e. The molecule has 1 N–H and O–H groups in total. The number of morpholine rings is 1. The van der Waals surface area contributed by atoms with Crippen molar-refractivity contribution >= 4 is 5.69 Å². The number of hydrogen-bond donors (Lipinski definition) is 1. The monoisotopic (exact) mass is 276 g/mol. The van der Waals surface area contributed by atoms with Crippen LogP contribution in [0.1, 0.15) is 31.9 Å². The minimum absolute atomic E-state index is 0.321. The molecular formula is C17H28N2O. The molecule has 2 rings (SSSR count). The number of anilines is 1. The van der Waals surface area contributed by atoms with Crippen molar-refractivity contribution in [2.75, 3.05) is 31.1 Å². The van der Waals surface area contributed by atoms with Crippen molar-refractivity contribution < 1.29 is 4.74 Å². The zero-order valence-electron chi connectivity index (χ0n) is 13.3. The number of nitrogens with one attached hydrogen (secondary N) is 1. The Hall–Kier alpha value is -1.06. The Balaban J connectivity index is 2.10. The maximum absolute atomic E-state index is 5.65. The van der Waals surface area contributed by atoms with Gasteiger partial charge in [0.15, 0.2) is 0 Å². The molecule has 1 aliphatic rings. The summed E-state index contributed by atoms with van der Waals surface area (Å²) in [7, 11) is 0. The number of aryl methyl sites for hydroxylation is 1. The summed E-state index contributed by atoms with van der Waals surface area (Å²) in [5, 5.41) is 3.56. The smallest absolute Gasteiger partial charge is 0.0722 e. The Morgan fingerprint density at radius 2 is 2.20 bits per heavy atom. The van der Waals surface area contributed by atoms with E-state index in [2.05, 4.69) is 56.1 Å². The van der Waals surface area contributed by atoms with E-state index in [-0.39, 0.29) is 0 Å². The minimum Gasteiger partial charge on any atom is -0.375 e. The molecule has 1 aromatic carbocycles. The number of nitrogens with zero attached hydrogens (tertiary/aromatic N) is 1. The van der Waals surface area contributed by atoms with E-state index in [0.717, 1.165) is 32.8 Å². The SMILES string of the molecule is Cc1ccc(N2CCOC(C)C2)c(CNCC(C)C)c1. The maximum atomic E-state index is 5.65. The summed E-state index contributed by atoms with van der Waals surface area (Å²) in [6, 6.07) is 6.78. The van der Waals surface area contributed by atoms with Crippen molar-refractivity contribution in [3.63, 3.8) is 0 Å². The molecule has 0 radical (unpaired) electrons. The lowest BCUT2D eigenvalue weighted by atomic mass is 10.1. The topological polar surface area (TPSA) is 24.5 Å². The Labute approximate surface area is 123 Å². The molecule has 3 heteroatoms. The van der Waals surface area contributed by atoms with Gasteiger partial charge < -0.3 is 15.0 Å². The fourth-order valence-electron chi connectivity index (χ4n) is 2.70. The lowest BCUT2D eigenvalue weighted by molar-refractivity contribution is 0.0531. The van der Waals surface area contributed by atoms with Gasteiger partial charge in [0, 0.05) is 25.3 Å². The van der Waals surface area contributed by atoms with E-state index >= 15 is 0 Å². The molecule has 1 unspecified atom stereocenters. The van der Waals surface area contributed by atoms with Crippen LogP contribution in [0.5, 0.6) is 0 Å². The van der Waals surface area contributed by atoms with Crippen LogP contribution in [0.2, 0.25) is 0 Å². The van der Waals surface area contributed by atoms with Crippen LogP contribution in [0.25, 0.3) is 0 Å². The lowest BCUT2D eigenvalue weighted by Gasteiger charge is -2.34. The second-order valence-electron chi connectivity index (χ2n) is 6.28. The Kier molecular flexibility index (Phi) is 5.44. The highest BCUT2D eigenvalue weighted by Crippen LogP contribution is 2.24. The highest BCUT2D eigenvalue weighted by Gasteiger charge is 2.19. The van der Waals surface area contributed by atoms with Gasteiger partial charge in [-0.3, -0.25) is 0 Å². The normalized spacial score (nSPS) is 19.6. The van der Waals surface area contributed by atoms with Gasteiger partial charge >= 0.3 is 0 Å². The van der Waals surface area contributed by atoms with E-state index in [1.807, 2.05) is 0 Å². The Morgan fingerprint density at radius 1 is 1.40 bits per heavy atom. The minimum atomic E-state index is 0.321. The third-order valence-corrected chi connectivity index (χ3v) is 3.68. The second kappa shape index (κ2) is 7.09. The summed E-state index contributed by atoms with van der Waals surface area (Å²) >= 11 is 0. The summed E-state index contributed by atoms with van der Waals surface area (Å²) < 4.78 is 5.65. The van der Waals surface area contributed by atoms with Crippen molar-refractivity contribution in [1.29, 1.82) is 0 Å². The first-order chi connectivity index (χ1) is 9.56. The Morgan fingerprint density at radius 3 is 2.90 bits per heavy atom. The van der Waals surface area contributed by atoms with Crippen LogP contribution < -0.4 is 10.2 Å². The van der Waals surface area contributed by atoms with Crippen molar-refractivity contribution in [2.24, 2.45) is 5.92 Å². The van der Waals surface area contributed by atoms with Crippen LogP contribution in [0.3, 0.4) is 0 Å². The molecule has 1 heterocycles. The molecule has 1 aromatic rings. The lowest BCUT2D eigenvalue weighted by Crippen LogP contribution is -2.41. The Bertz CT molecular complexity index is 431. The first-order valence-corrected chi connectivity index (χ1v) is 7.73. The van der Waals surface area contributed by atoms with Crippen molar-refractivity contribution in [2.45, 2.75) is 40.3 Å². The number of benzene rings is 1. The molecule has 0 saturated carbocycles. The third-order valence-electron chi connectivity index (χ3n) is 3.68. The van der Waals surface area contributed by atoms with Gasteiger partial charge in [-0.25, -0.2) is 0 Å². The van der Waals surface area contributed by atoms with Crippen LogP contribution in [0, 0.1) is 12.8 Å². The first kappa shape index (κ1) is 15.3. The zero-order chi connectivity index (χ0) is 14.5. The van der Waals surface area contributed by atoms with E-state index in [0.29, 0.717) is 12.0 Å². The molecule has 1 atom stereocenters. The first-order valence-electron chi connectivity index (χ1n) is 7.73. The van der Waals surface area contributed by atoms with Gasteiger partial charge in [-0.05, 0) is 37.9 Å². The molecule has 112 valence electrons. The standard InChI is InChI=1S/C17H28N2O/c1-13(2)10-18-11-16-9-14(3)5-6-17(16)19-7-8-20-15(4)12-19/h5-6,9,13,15,18H,7-8,10-12H2,1-4H3. The van der Waals surface area contributed by atoms with E-state index in [1.165, 1.54) is 16.8 Å². The number of hydrogen-bond acceptors (Lipinski definition) is 3. The van der Waals surface area contributed by atoms with Crippen LogP contribution in [-0.2, 0) is 11.3 Å². The molecule has 1 saturated heterocycles. The summed E-state index contributed by atoms with van der Waals surface area (Å²) in [6.07, 6.45) is 0.321. The van der Waals surface area contributed by atoms with Crippen molar-refractivity contribution in [1.82, 2.24) is 5.32 Å². The van der Waals surface area contributed by atoms with Crippen molar-refractivity contribution in [3.8, 4) is 0 Å². The van der Waals surface area contributed by atoms with Crippen LogP contribution >= 0.6 is 0 Å². The van der Waals surface area contributed by atoms with Crippen LogP contribution in [0.4, 0.5) is 5.69 Å². The van der Waals surface area contributed by atoms with Gasteiger partial charge in [-0.15, -0.1) is 0 Å². The highest BCUT2D eigenvalue weighted by molar-refractivity contribution is 5.55. The molecule has 0 aromatic heterocycles. The molecule has 0 bridgehead atoms. The van der Waals surface area contributed by atoms with E-state index in [1.54, 1.807) is 0 Å². The molecule has 3 nitrogen and oxygen atoms in total. The fraction of sp³-hybridized carbons (Fsp3) is 0.647. The van der Waals surface area contributed by atoms with E-state index in [9.17, 15) is 0 Å². The molecule has 0 spiro atoms. The van der Waals surface area contributed by atoms with Gasteiger partial charge in [0.2, 0.25) is 0 Å².